The van der Waals surface area contributed by atoms with E-state index in [1.54, 1.807) is 16.8 Å². The van der Waals surface area contributed by atoms with E-state index in [0.29, 0.717) is 22.2 Å². The van der Waals surface area contributed by atoms with Gasteiger partial charge in [-0.2, -0.15) is 10.2 Å². The van der Waals surface area contributed by atoms with Gasteiger partial charge in [-0.25, -0.2) is 10.4 Å². The molecule has 0 fully saturated rings. The number of hydrazone groups is 1. The van der Waals surface area contributed by atoms with Gasteiger partial charge in [0.25, 0.3) is 5.91 Å². The van der Waals surface area contributed by atoms with Gasteiger partial charge in [0, 0.05) is 18.7 Å². The van der Waals surface area contributed by atoms with Crippen molar-refractivity contribution in [3.05, 3.63) is 46.0 Å². The quantitative estimate of drug-likeness (QED) is 0.502. The number of carbonyl (C=O) groups excluding carboxylic acids is 1. The second-order valence-electron chi connectivity index (χ2n) is 7.17. The standard InChI is InChI=1S/C20H25ClN6O/c1-6-26-14(5)23-17-9-15(7-8-18(17)26)20(28)24-22-10-16-13(4)25-27(19(16)21)11-12(2)3/h7-10,12H,6,11H2,1-5H3,(H,24,28)/b22-10-. The van der Waals surface area contributed by atoms with E-state index in [1.165, 1.54) is 6.21 Å². The summed E-state index contributed by atoms with van der Waals surface area (Å²) in [4.78, 5) is 17.0. The van der Waals surface area contributed by atoms with Crippen LogP contribution in [0.4, 0.5) is 0 Å². The molecule has 1 N–H and O–H groups in total. The molecule has 0 aliphatic rings. The first kappa shape index (κ1) is 20.1. The number of nitrogens with one attached hydrogen (secondary N) is 1. The van der Waals surface area contributed by atoms with Crippen molar-refractivity contribution < 1.29 is 4.79 Å². The van der Waals surface area contributed by atoms with Crippen LogP contribution in [0.2, 0.25) is 5.15 Å². The summed E-state index contributed by atoms with van der Waals surface area (Å²) in [6.07, 6.45) is 1.54. The van der Waals surface area contributed by atoms with Gasteiger partial charge in [-0.1, -0.05) is 25.4 Å². The number of benzene rings is 1. The maximum absolute atomic E-state index is 12.4. The van der Waals surface area contributed by atoms with Gasteiger partial charge < -0.3 is 4.57 Å². The van der Waals surface area contributed by atoms with Gasteiger partial charge in [0.15, 0.2) is 0 Å². The number of aromatic nitrogens is 4. The maximum atomic E-state index is 12.4. The van der Waals surface area contributed by atoms with E-state index in [9.17, 15) is 4.79 Å². The molecule has 0 saturated heterocycles. The van der Waals surface area contributed by atoms with Crippen molar-refractivity contribution in [2.24, 2.45) is 11.0 Å². The number of fused-ring (bicyclic) bond motifs is 1. The van der Waals surface area contributed by atoms with Gasteiger partial charge in [-0.05, 0) is 44.9 Å². The van der Waals surface area contributed by atoms with Gasteiger partial charge in [-0.3, -0.25) is 9.48 Å². The molecule has 1 amide bonds. The van der Waals surface area contributed by atoms with Gasteiger partial charge in [0.2, 0.25) is 0 Å². The topological polar surface area (TPSA) is 77.1 Å². The number of hydrogen-bond donors (Lipinski definition) is 1. The molecule has 0 spiro atoms. The predicted octanol–water partition coefficient (Wildman–Crippen LogP) is 3.94. The third-order valence-electron chi connectivity index (χ3n) is 4.52. The molecule has 0 bridgehead atoms. The average Bonchev–Trinajstić information content (AvgIpc) is 3.09. The second kappa shape index (κ2) is 8.14. The summed E-state index contributed by atoms with van der Waals surface area (Å²) in [7, 11) is 0. The average molecular weight is 401 g/mol. The minimum atomic E-state index is -0.301. The van der Waals surface area contributed by atoms with E-state index >= 15 is 0 Å². The fourth-order valence-electron chi connectivity index (χ4n) is 3.19. The zero-order valence-corrected chi connectivity index (χ0v) is 17.6. The van der Waals surface area contributed by atoms with Gasteiger partial charge in [0.1, 0.15) is 11.0 Å². The van der Waals surface area contributed by atoms with Crippen LogP contribution >= 0.6 is 11.6 Å². The van der Waals surface area contributed by atoms with Crippen LogP contribution in [0.1, 0.15) is 48.2 Å². The third kappa shape index (κ3) is 3.94. The van der Waals surface area contributed by atoms with E-state index in [2.05, 4.69) is 45.9 Å². The van der Waals surface area contributed by atoms with Crippen LogP contribution in [0.3, 0.4) is 0 Å². The summed E-state index contributed by atoms with van der Waals surface area (Å²) in [5.74, 6) is 1.05. The third-order valence-corrected chi connectivity index (χ3v) is 4.92. The van der Waals surface area contributed by atoms with Gasteiger partial charge >= 0.3 is 0 Å². The Labute approximate surface area is 169 Å². The zero-order chi connectivity index (χ0) is 20.4. The Balaban J connectivity index is 1.75. The molecule has 3 aromatic rings. The molecule has 0 atom stereocenters. The molecule has 0 aliphatic heterocycles. The fourth-order valence-corrected chi connectivity index (χ4v) is 3.48. The lowest BCUT2D eigenvalue weighted by Gasteiger charge is -2.05. The summed E-state index contributed by atoms with van der Waals surface area (Å²) in [5, 5.41) is 9.01. The van der Waals surface area contributed by atoms with Crippen molar-refractivity contribution in [3.63, 3.8) is 0 Å². The minimum Gasteiger partial charge on any atom is -0.329 e. The lowest BCUT2D eigenvalue weighted by molar-refractivity contribution is 0.0955. The Hall–Kier alpha value is -2.67. The van der Waals surface area contributed by atoms with E-state index in [4.69, 9.17) is 11.6 Å². The Morgan fingerprint density at radius 1 is 1.36 bits per heavy atom. The molecule has 0 unspecified atom stereocenters. The van der Waals surface area contributed by atoms with E-state index in [-0.39, 0.29) is 5.91 Å². The fraction of sp³-hybridized carbons (Fsp3) is 0.400. The minimum absolute atomic E-state index is 0.301. The summed E-state index contributed by atoms with van der Waals surface area (Å²) < 4.78 is 3.86. The molecule has 0 aliphatic carbocycles. The van der Waals surface area contributed by atoms with Gasteiger partial charge in [-0.15, -0.1) is 0 Å². The van der Waals surface area contributed by atoms with Crippen molar-refractivity contribution >= 4 is 34.8 Å². The molecule has 28 heavy (non-hydrogen) atoms. The summed E-state index contributed by atoms with van der Waals surface area (Å²) in [6, 6.07) is 5.46. The first-order chi connectivity index (χ1) is 13.3. The first-order valence-electron chi connectivity index (χ1n) is 9.35. The lowest BCUT2D eigenvalue weighted by Crippen LogP contribution is -2.17. The molecule has 1 aromatic carbocycles. The normalized spacial score (nSPS) is 11.8. The van der Waals surface area contributed by atoms with E-state index < -0.39 is 0 Å². The van der Waals surface area contributed by atoms with E-state index in [1.807, 2.05) is 19.9 Å². The molecule has 2 heterocycles. The van der Waals surface area contributed by atoms with Crippen molar-refractivity contribution in [1.82, 2.24) is 24.8 Å². The number of hydrogen-bond acceptors (Lipinski definition) is 4. The molecule has 3 rings (SSSR count). The lowest BCUT2D eigenvalue weighted by atomic mass is 10.2. The Kier molecular flexibility index (Phi) is 5.84. The highest BCUT2D eigenvalue weighted by Crippen LogP contribution is 2.19. The summed E-state index contributed by atoms with van der Waals surface area (Å²) in [5.41, 5.74) is 6.34. The highest BCUT2D eigenvalue weighted by Gasteiger charge is 2.13. The zero-order valence-electron chi connectivity index (χ0n) is 16.8. The highest BCUT2D eigenvalue weighted by molar-refractivity contribution is 6.32. The molecule has 2 aromatic heterocycles. The molecule has 148 valence electrons. The number of aryl methyl sites for hydroxylation is 3. The number of amides is 1. The number of halogens is 1. The van der Waals surface area contributed by atoms with Crippen LogP contribution in [-0.4, -0.2) is 31.5 Å². The number of rotatable bonds is 6. The van der Waals surface area contributed by atoms with Crippen molar-refractivity contribution in [2.45, 2.75) is 47.7 Å². The predicted molar refractivity (Wildman–Crippen MR) is 112 cm³/mol. The maximum Gasteiger partial charge on any atom is 0.271 e. The van der Waals surface area contributed by atoms with Gasteiger partial charge in [0.05, 0.1) is 28.5 Å². The van der Waals surface area contributed by atoms with Crippen LogP contribution in [0.5, 0.6) is 0 Å². The Bertz CT molecular complexity index is 1050. The van der Waals surface area contributed by atoms with Crippen molar-refractivity contribution in [3.8, 4) is 0 Å². The highest BCUT2D eigenvalue weighted by atomic mass is 35.5. The smallest absolute Gasteiger partial charge is 0.271 e. The van der Waals surface area contributed by atoms with Crippen LogP contribution < -0.4 is 5.43 Å². The number of carbonyl (C=O) groups is 1. The van der Waals surface area contributed by atoms with Crippen molar-refractivity contribution in [2.75, 3.05) is 0 Å². The number of nitrogens with zero attached hydrogens (tertiary/aromatic N) is 5. The Morgan fingerprint density at radius 2 is 2.11 bits per heavy atom. The Morgan fingerprint density at radius 3 is 2.79 bits per heavy atom. The molecular formula is C20H25ClN6O. The first-order valence-corrected chi connectivity index (χ1v) is 9.72. The molecule has 0 radical (unpaired) electrons. The second-order valence-corrected chi connectivity index (χ2v) is 7.53. The van der Waals surface area contributed by atoms with Crippen LogP contribution in [-0.2, 0) is 13.1 Å². The van der Waals surface area contributed by atoms with Crippen LogP contribution in [0.15, 0.2) is 23.3 Å². The van der Waals surface area contributed by atoms with Crippen LogP contribution in [0, 0.1) is 19.8 Å². The monoisotopic (exact) mass is 400 g/mol. The summed E-state index contributed by atoms with van der Waals surface area (Å²) >= 11 is 6.39. The number of imidazole rings is 1. The molecule has 7 nitrogen and oxygen atoms in total. The molecular weight excluding hydrogens is 376 g/mol. The van der Waals surface area contributed by atoms with Crippen LogP contribution in [0.25, 0.3) is 11.0 Å². The molecule has 8 heteroatoms. The molecule has 0 saturated carbocycles. The summed E-state index contributed by atoms with van der Waals surface area (Å²) in [6.45, 7) is 11.7. The largest absolute Gasteiger partial charge is 0.329 e. The van der Waals surface area contributed by atoms with E-state index in [0.717, 1.165) is 35.6 Å². The van der Waals surface area contributed by atoms with Crippen molar-refractivity contribution in [1.29, 1.82) is 0 Å². The SMILES string of the molecule is CCn1c(C)nc2cc(C(=O)N/N=C\c3c(C)nn(CC(C)C)c3Cl)ccc21.